The number of rotatable bonds is 6. The highest BCUT2D eigenvalue weighted by atomic mass is 32.1. The van der Waals surface area contributed by atoms with E-state index in [0.29, 0.717) is 17.1 Å². The molecule has 3 rings (SSSR count). The average Bonchev–Trinajstić information content (AvgIpc) is 3.25. The molecular formula is C18H16N2O4S. The third kappa shape index (κ3) is 4.77. The Kier molecular flexibility index (Phi) is 5.25. The molecule has 0 radical (unpaired) electrons. The van der Waals surface area contributed by atoms with Crippen LogP contribution < -0.4 is 5.32 Å². The lowest BCUT2D eigenvalue weighted by Gasteiger charge is -2.05. The molecule has 1 amide bonds. The summed E-state index contributed by atoms with van der Waals surface area (Å²) >= 11 is 1.55. The Balaban J connectivity index is 1.50. The molecule has 1 N–H and O–H groups in total. The molecule has 3 aromatic rings. The van der Waals surface area contributed by atoms with Crippen molar-refractivity contribution < 1.29 is 18.8 Å². The second-order valence-electron chi connectivity index (χ2n) is 5.38. The number of hydrogen-bond donors (Lipinski definition) is 1. The lowest BCUT2D eigenvalue weighted by atomic mass is 10.1. The first-order chi connectivity index (χ1) is 12.1. The van der Waals surface area contributed by atoms with Crippen LogP contribution in [0.5, 0.6) is 0 Å². The predicted molar refractivity (Wildman–Crippen MR) is 94.1 cm³/mol. The summed E-state index contributed by atoms with van der Waals surface area (Å²) in [7, 11) is 0. The Labute approximate surface area is 148 Å². The van der Waals surface area contributed by atoms with Gasteiger partial charge in [0.25, 0.3) is 0 Å². The monoisotopic (exact) mass is 356 g/mol. The minimum atomic E-state index is -0.354. The third-order valence-corrected chi connectivity index (χ3v) is 4.21. The van der Waals surface area contributed by atoms with E-state index in [2.05, 4.69) is 10.5 Å². The summed E-state index contributed by atoms with van der Waals surface area (Å²) in [5.41, 5.74) is 2.06. The van der Waals surface area contributed by atoms with Crippen molar-refractivity contribution in [3.05, 3.63) is 59.1 Å². The molecular weight excluding hydrogens is 340 g/mol. The molecule has 0 spiro atoms. The fourth-order valence-electron chi connectivity index (χ4n) is 2.20. The molecule has 0 saturated heterocycles. The van der Waals surface area contributed by atoms with Crippen molar-refractivity contribution in [2.75, 3.05) is 5.32 Å². The van der Waals surface area contributed by atoms with Crippen LogP contribution in [0.25, 0.3) is 10.6 Å². The van der Waals surface area contributed by atoms with Crippen LogP contribution in [0.4, 0.5) is 5.69 Å². The van der Waals surface area contributed by atoms with Gasteiger partial charge >= 0.3 is 5.97 Å². The number of thiophene rings is 1. The summed E-state index contributed by atoms with van der Waals surface area (Å²) in [6.45, 7) is 1.51. The van der Waals surface area contributed by atoms with Crippen LogP contribution in [0.15, 0.2) is 52.4 Å². The van der Waals surface area contributed by atoms with E-state index in [-0.39, 0.29) is 24.9 Å². The van der Waals surface area contributed by atoms with Crippen molar-refractivity contribution in [2.24, 2.45) is 0 Å². The molecule has 0 fully saturated rings. The van der Waals surface area contributed by atoms with E-state index in [0.717, 1.165) is 10.4 Å². The number of nitrogens with one attached hydrogen (secondary N) is 1. The number of anilines is 1. The van der Waals surface area contributed by atoms with Gasteiger partial charge in [0.2, 0.25) is 5.91 Å². The number of nitrogens with zero attached hydrogens (tertiary/aromatic N) is 1. The van der Waals surface area contributed by atoms with Crippen molar-refractivity contribution in [1.29, 1.82) is 0 Å². The highest BCUT2D eigenvalue weighted by Crippen LogP contribution is 2.25. The average molecular weight is 356 g/mol. The first kappa shape index (κ1) is 16.9. The maximum atomic E-state index is 11.9. The van der Waals surface area contributed by atoms with E-state index in [1.807, 2.05) is 17.5 Å². The summed E-state index contributed by atoms with van der Waals surface area (Å²) < 4.78 is 10.5. The normalized spacial score (nSPS) is 10.4. The largest absolute Gasteiger partial charge is 0.459 e. The van der Waals surface area contributed by atoms with Crippen LogP contribution in [-0.2, 0) is 27.4 Å². The van der Waals surface area contributed by atoms with E-state index in [1.165, 1.54) is 6.92 Å². The quantitative estimate of drug-likeness (QED) is 0.682. The lowest BCUT2D eigenvalue weighted by Crippen LogP contribution is -2.09. The van der Waals surface area contributed by atoms with Crippen LogP contribution in [0.2, 0.25) is 0 Å². The van der Waals surface area contributed by atoms with E-state index >= 15 is 0 Å². The first-order valence-electron chi connectivity index (χ1n) is 7.62. The van der Waals surface area contributed by atoms with Gasteiger partial charge in [0, 0.05) is 18.7 Å². The van der Waals surface area contributed by atoms with Crippen LogP contribution >= 0.6 is 11.3 Å². The second-order valence-corrected chi connectivity index (χ2v) is 6.32. The molecule has 0 aliphatic heterocycles. The maximum absolute atomic E-state index is 11.9. The molecule has 2 aromatic heterocycles. The fourth-order valence-corrected chi connectivity index (χ4v) is 2.87. The molecule has 7 heteroatoms. The second kappa shape index (κ2) is 7.76. The molecule has 2 heterocycles. The zero-order chi connectivity index (χ0) is 17.6. The zero-order valence-electron chi connectivity index (χ0n) is 13.5. The molecule has 0 aliphatic rings. The molecule has 0 saturated carbocycles. The van der Waals surface area contributed by atoms with Crippen LogP contribution in [0, 0.1) is 0 Å². The van der Waals surface area contributed by atoms with E-state index in [4.69, 9.17) is 9.26 Å². The Bertz CT molecular complexity index is 854. The van der Waals surface area contributed by atoms with Gasteiger partial charge in [-0.1, -0.05) is 23.4 Å². The minimum absolute atomic E-state index is 0.0671. The van der Waals surface area contributed by atoms with Gasteiger partial charge in [0.1, 0.15) is 12.3 Å². The van der Waals surface area contributed by atoms with Gasteiger partial charge < -0.3 is 14.6 Å². The number of ether oxygens (including phenoxy) is 1. The molecule has 128 valence electrons. The number of hydrogen-bond acceptors (Lipinski definition) is 6. The molecule has 6 nitrogen and oxygen atoms in total. The molecule has 0 aliphatic carbocycles. The number of esters is 1. The van der Waals surface area contributed by atoms with Crippen LogP contribution in [0.1, 0.15) is 18.2 Å². The SMILES string of the molecule is CC(=O)Nc1ccc(CC(=O)OCc2cc(-c3cccs3)on2)cc1. The van der Waals surface area contributed by atoms with Gasteiger partial charge in [0.05, 0.1) is 11.3 Å². The molecule has 1 aromatic carbocycles. The number of benzene rings is 1. The molecule has 25 heavy (non-hydrogen) atoms. The Morgan fingerprint density at radius 1 is 1.24 bits per heavy atom. The van der Waals surface area contributed by atoms with Gasteiger partial charge in [-0.15, -0.1) is 11.3 Å². The summed E-state index contributed by atoms with van der Waals surface area (Å²) in [6, 6.07) is 12.7. The summed E-state index contributed by atoms with van der Waals surface area (Å²) in [4.78, 5) is 23.9. The maximum Gasteiger partial charge on any atom is 0.310 e. The highest BCUT2D eigenvalue weighted by Gasteiger charge is 2.10. The summed E-state index contributed by atoms with van der Waals surface area (Å²) in [6.07, 6.45) is 0.149. The fraction of sp³-hybridized carbons (Fsp3) is 0.167. The van der Waals surface area contributed by atoms with E-state index in [9.17, 15) is 9.59 Å². The van der Waals surface area contributed by atoms with Crippen molar-refractivity contribution >= 4 is 28.9 Å². The third-order valence-electron chi connectivity index (χ3n) is 3.33. The van der Waals surface area contributed by atoms with Crippen LogP contribution in [-0.4, -0.2) is 17.0 Å². The zero-order valence-corrected chi connectivity index (χ0v) is 14.3. The number of amides is 1. The van der Waals surface area contributed by atoms with Crippen LogP contribution in [0.3, 0.4) is 0 Å². The molecule has 0 atom stereocenters. The first-order valence-corrected chi connectivity index (χ1v) is 8.50. The van der Waals surface area contributed by atoms with Gasteiger partial charge in [-0.2, -0.15) is 0 Å². The number of carbonyl (C=O) groups excluding carboxylic acids is 2. The van der Waals surface area contributed by atoms with Gasteiger partial charge in [-0.05, 0) is 29.1 Å². The standard InChI is InChI=1S/C18H16N2O4S/c1-12(21)19-14-6-4-13(5-7-14)9-18(22)23-11-15-10-16(24-20-15)17-3-2-8-25-17/h2-8,10H,9,11H2,1H3,(H,19,21). The summed E-state index contributed by atoms with van der Waals surface area (Å²) in [5.74, 6) is 0.171. The van der Waals surface area contributed by atoms with E-state index < -0.39 is 0 Å². The van der Waals surface area contributed by atoms with E-state index in [1.54, 1.807) is 41.7 Å². The smallest absolute Gasteiger partial charge is 0.310 e. The Hall–Kier alpha value is -2.93. The Morgan fingerprint density at radius 2 is 2.04 bits per heavy atom. The van der Waals surface area contributed by atoms with Crippen molar-refractivity contribution in [3.8, 4) is 10.6 Å². The molecule has 0 unspecified atom stereocenters. The predicted octanol–water partition coefficient (Wildman–Crippen LogP) is 3.65. The van der Waals surface area contributed by atoms with Crippen molar-refractivity contribution in [1.82, 2.24) is 5.16 Å². The number of carbonyl (C=O) groups is 2. The highest BCUT2D eigenvalue weighted by molar-refractivity contribution is 7.13. The summed E-state index contributed by atoms with van der Waals surface area (Å²) in [5, 5.41) is 8.53. The molecule has 0 bridgehead atoms. The van der Waals surface area contributed by atoms with Crippen molar-refractivity contribution in [2.45, 2.75) is 20.0 Å². The Morgan fingerprint density at radius 3 is 2.72 bits per heavy atom. The number of aromatic nitrogens is 1. The van der Waals surface area contributed by atoms with Gasteiger partial charge in [-0.25, -0.2) is 0 Å². The van der Waals surface area contributed by atoms with Gasteiger partial charge in [0.15, 0.2) is 5.76 Å². The van der Waals surface area contributed by atoms with Crippen molar-refractivity contribution in [3.63, 3.8) is 0 Å². The lowest BCUT2D eigenvalue weighted by molar-refractivity contribution is -0.144. The minimum Gasteiger partial charge on any atom is -0.459 e. The topological polar surface area (TPSA) is 81.4 Å². The van der Waals surface area contributed by atoms with Gasteiger partial charge in [-0.3, -0.25) is 9.59 Å².